The highest BCUT2D eigenvalue weighted by molar-refractivity contribution is 5.35. The standard InChI is InChI=1S/C19H21N.ClH/c1-14-13-20-12-11-15-7-5-6-10-17(15)19(20)18(14)16-8-3-2-4-9-16;/h2-10,14,18-19H,11-13H2,1H3;1H/t14-,18-,19+;/m0./s1. The van der Waals surface area contributed by atoms with Crippen LogP contribution in [0.25, 0.3) is 0 Å². The Hall–Kier alpha value is -1.31. The summed E-state index contributed by atoms with van der Waals surface area (Å²) in [6.07, 6.45) is 1.25. The van der Waals surface area contributed by atoms with Crippen molar-refractivity contribution >= 4 is 0 Å². The van der Waals surface area contributed by atoms with Crippen LogP contribution in [-0.4, -0.2) is 13.1 Å². The van der Waals surface area contributed by atoms with Gasteiger partial charge in [0.2, 0.25) is 0 Å². The molecule has 4 atom stereocenters. The number of quaternary nitrogens is 1. The van der Waals surface area contributed by atoms with E-state index in [2.05, 4.69) is 61.5 Å². The van der Waals surface area contributed by atoms with Gasteiger partial charge in [0, 0.05) is 23.8 Å². The Balaban J connectivity index is 0.00000132. The Bertz CT molecular complexity index is 610. The second-order valence-electron chi connectivity index (χ2n) is 6.45. The average molecular weight is 300 g/mol. The topological polar surface area (TPSA) is 4.44 Å². The van der Waals surface area contributed by atoms with Crippen molar-refractivity contribution in [3.8, 4) is 0 Å². The van der Waals surface area contributed by atoms with E-state index in [0.717, 1.165) is 5.92 Å². The predicted octanol–water partition coefficient (Wildman–Crippen LogP) is -0.394. The van der Waals surface area contributed by atoms with Crippen molar-refractivity contribution in [2.45, 2.75) is 25.3 Å². The van der Waals surface area contributed by atoms with Gasteiger partial charge in [-0.3, -0.25) is 0 Å². The maximum absolute atomic E-state index is 2.44. The molecule has 0 radical (unpaired) electrons. The van der Waals surface area contributed by atoms with E-state index in [1.807, 2.05) is 0 Å². The molecule has 0 aliphatic carbocycles. The van der Waals surface area contributed by atoms with Gasteiger partial charge in [-0.25, -0.2) is 0 Å². The van der Waals surface area contributed by atoms with Crippen LogP contribution in [0.3, 0.4) is 0 Å². The maximum Gasteiger partial charge on any atom is 0.121 e. The summed E-state index contributed by atoms with van der Waals surface area (Å²) in [5.74, 6) is 1.44. The quantitative estimate of drug-likeness (QED) is 0.731. The molecule has 4 rings (SSSR count). The van der Waals surface area contributed by atoms with Gasteiger partial charge in [-0.05, 0) is 11.1 Å². The van der Waals surface area contributed by atoms with Crippen LogP contribution < -0.4 is 17.3 Å². The van der Waals surface area contributed by atoms with E-state index in [9.17, 15) is 0 Å². The second kappa shape index (κ2) is 5.82. The number of hydrogen-bond acceptors (Lipinski definition) is 0. The molecule has 2 aliphatic rings. The first-order chi connectivity index (χ1) is 9.84. The lowest BCUT2D eigenvalue weighted by Gasteiger charge is -2.32. The molecule has 21 heavy (non-hydrogen) atoms. The van der Waals surface area contributed by atoms with Gasteiger partial charge in [0.15, 0.2) is 0 Å². The molecule has 1 N–H and O–H groups in total. The number of benzene rings is 2. The fraction of sp³-hybridized carbons (Fsp3) is 0.368. The normalized spacial score (nSPS) is 30.1. The highest BCUT2D eigenvalue weighted by atomic mass is 35.5. The van der Waals surface area contributed by atoms with Crippen LogP contribution >= 0.6 is 0 Å². The SMILES string of the molecule is C[C@H]1C[NH+]2CCc3ccccc3[C@@H]2[C@@H]1c1ccccc1.[Cl-]. The highest BCUT2D eigenvalue weighted by Gasteiger charge is 2.47. The van der Waals surface area contributed by atoms with Crippen LogP contribution in [0.1, 0.15) is 35.6 Å². The van der Waals surface area contributed by atoms with Gasteiger partial charge in [-0.15, -0.1) is 0 Å². The fourth-order valence-corrected chi connectivity index (χ4v) is 4.48. The van der Waals surface area contributed by atoms with Crippen LogP contribution in [-0.2, 0) is 6.42 Å². The summed E-state index contributed by atoms with van der Waals surface area (Å²) in [7, 11) is 0. The zero-order valence-electron chi connectivity index (χ0n) is 12.4. The molecule has 2 heteroatoms. The summed E-state index contributed by atoms with van der Waals surface area (Å²) in [5.41, 5.74) is 4.71. The molecule has 2 aliphatic heterocycles. The molecule has 0 amide bonds. The smallest absolute Gasteiger partial charge is 0.121 e. The highest BCUT2D eigenvalue weighted by Crippen LogP contribution is 2.40. The Labute approximate surface area is 133 Å². The van der Waals surface area contributed by atoms with E-state index in [1.54, 1.807) is 16.0 Å². The molecule has 1 unspecified atom stereocenters. The van der Waals surface area contributed by atoms with Gasteiger partial charge in [0.05, 0.1) is 13.1 Å². The molecule has 0 spiro atoms. The van der Waals surface area contributed by atoms with E-state index in [1.165, 1.54) is 25.1 Å². The van der Waals surface area contributed by atoms with Crippen LogP contribution in [0.5, 0.6) is 0 Å². The Morgan fingerprint density at radius 1 is 0.952 bits per heavy atom. The van der Waals surface area contributed by atoms with E-state index >= 15 is 0 Å². The van der Waals surface area contributed by atoms with Crippen molar-refractivity contribution in [2.24, 2.45) is 5.92 Å². The Kier molecular flexibility index (Phi) is 4.05. The molecule has 2 heterocycles. The van der Waals surface area contributed by atoms with Gasteiger partial charge in [-0.1, -0.05) is 61.5 Å². The first-order valence-corrected chi connectivity index (χ1v) is 7.82. The second-order valence-corrected chi connectivity index (χ2v) is 6.45. The summed E-state index contributed by atoms with van der Waals surface area (Å²) in [6.45, 7) is 5.06. The molecule has 2 aromatic rings. The monoisotopic (exact) mass is 299 g/mol. The third-order valence-corrected chi connectivity index (χ3v) is 5.29. The fourth-order valence-electron chi connectivity index (χ4n) is 4.48. The summed E-state index contributed by atoms with van der Waals surface area (Å²) < 4.78 is 0. The molecule has 1 saturated heterocycles. The zero-order chi connectivity index (χ0) is 13.5. The number of halogens is 1. The van der Waals surface area contributed by atoms with Crippen molar-refractivity contribution in [1.29, 1.82) is 0 Å². The van der Waals surface area contributed by atoms with Crippen LogP contribution in [0.4, 0.5) is 0 Å². The van der Waals surface area contributed by atoms with Gasteiger partial charge in [-0.2, -0.15) is 0 Å². The first-order valence-electron chi connectivity index (χ1n) is 7.82. The van der Waals surface area contributed by atoms with Crippen molar-refractivity contribution in [3.05, 3.63) is 71.3 Å². The number of fused-ring (bicyclic) bond motifs is 3. The van der Waals surface area contributed by atoms with Gasteiger partial charge in [0.1, 0.15) is 6.04 Å². The number of rotatable bonds is 1. The van der Waals surface area contributed by atoms with Gasteiger partial charge >= 0.3 is 0 Å². The molecular weight excluding hydrogens is 278 g/mol. The third kappa shape index (κ3) is 2.39. The summed E-state index contributed by atoms with van der Waals surface area (Å²) in [6, 6.07) is 20.9. The first kappa shape index (κ1) is 14.6. The molecule has 2 aromatic carbocycles. The largest absolute Gasteiger partial charge is 1.00 e. The van der Waals surface area contributed by atoms with E-state index in [4.69, 9.17) is 0 Å². The van der Waals surface area contributed by atoms with Crippen molar-refractivity contribution in [3.63, 3.8) is 0 Å². The van der Waals surface area contributed by atoms with Crippen molar-refractivity contribution < 1.29 is 17.3 Å². The molecule has 0 bridgehead atoms. The lowest BCUT2D eigenvalue weighted by molar-refractivity contribution is -0.922. The molecule has 1 nitrogen and oxygen atoms in total. The molecule has 0 aromatic heterocycles. The third-order valence-electron chi connectivity index (χ3n) is 5.29. The summed E-state index contributed by atoms with van der Waals surface area (Å²) >= 11 is 0. The van der Waals surface area contributed by atoms with E-state index in [-0.39, 0.29) is 12.4 Å². The van der Waals surface area contributed by atoms with Crippen LogP contribution in [0.2, 0.25) is 0 Å². The minimum absolute atomic E-state index is 0. The lowest BCUT2D eigenvalue weighted by Crippen LogP contribution is -3.11. The average Bonchev–Trinajstić information content (AvgIpc) is 2.84. The number of hydrogen-bond donors (Lipinski definition) is 1. The van der Waals surface area contributed by atoms with Crippen LogP contribution in [0.15, 0.2) is 54.6 Å². The molecular formula is C19H22ClN. The van der Waals surface area contributed by atoms with Crippen molar-refractivity contribution in [2.75, 3.05) is 13.1 Å². The van der Waals surface area contributed by atoms with E-state index in [0.29, 0.717) is 12.0 Å². The lowest BCUT2D eigenvalue weighted by atomic mass is 9.80. The minimum Gasteiger partial charge on any atom is -1.00 e. The van der Waals surface area contributed by atoms with Gasteiger partial charge in [0.25, 0.3) is 0 Å². The van der Waals surface area contributed by atoms with Crippen LogP contribution in [0, 0.1) is 5.92 Å². The maximum atomic E-state index is 2.44. The van der Waals surface area contributed by atoms with E-state index < -0.39 is 0 Å². The Morgan fingerprint density at radius 3 is 2.48 bits per heavy atom. The molecule has 0 saturated carbocycles. The summed E-state index contributed by atoms with van der Waals surface area (Å²) in [4.78, 5) is 1.80. The molecule has 110 valence electrons. The van der Waals surface area contributed by atoms with Crippen molar-refractivity contribution in [1.82, 2.24) is 0 Å². The Morgan fingerprint density at radius 2 is 1.67 bits per heavy atom. The predicted molar refractivity (Wildman–Crippen MR) is 81.9 cm³/mol. The zero-order valence-corrected chi connectivity index (χ0v) is 13.2. The minimum atomic E-state index is 0. The molecule has 1 fully saturated rings. The summed E-state index contributed by atoms with van der Waals surface area (Å²) in [5, 5.41) is 0. The van der Waals surface area contributed by atoms with Gasteiger partial charge < -0.3 is 17.3 Å². The number of nitrogens with one attached hydrogen (secondary N) is 1.